The number of furan rings is 1. The molecule has 0 unspecified atom stereocenters. The number of hydrogen-bond donors (Lipinski definition) is 0. The van der Waals surface area contributed by atoms with Gasteiger partial charge >= 0.3 is 0 Å². The molecule has 0 saturated heterocycles. The number of benzene rings is 1. The highest BCUT2D eigenvalue weighted by atomic mass is 32.2. The molecular weight excluding hydrogens is 418 g/mol. The Labute approximate surface area is 183 Å². The van der Waals surface area contributed by atoms with E-state index in [1.807, 2.05) is 32.9 Å². The van der Waals surface area contributed by atoms with Crippen LogP contribution in [0.25, 0.3) is 17.1 Å². The number of nitrogens with zero attached hydrogens (tertiary/aromatic N) is 3. The maximum absolute atomic E-state index is 12.9. The van der Waals surface area contributed by atoms with Crippen LogP contribution in [0.15, 0.2) is 61.6 Å². The minimum atomic E-state index is 0.0274. The molecule has 30 heavy (non-hydrogen) atoms. The SMILES string of the molecule is CSc1cccc(-n2c(C)cc(C(=O)CSc3nnc(-c4ccoc4C)o3)c2C)c1. The van der Waals surface area contributed by atoms with Crippen LogP contribution >= 0.6 is 23.5 Å². The molecule has 0 bridgehead atoms. The number of hydrogen-bond acceptors (Lipinski definition) is 7. The number of aryl methyl sites for hydroxylation is 2. The van der Waals surface area contributed by atoms with Gasteiger partial charge in [-0.2, -0.15) is 0 Å². The topological polar surface area (TPSA) is 74.1 Å². The van der Waals surface area contributed by atoms with Crippen LogP contribution in [0.3, 0.4) is 0 Å². The molecule has 0 spiro atoms. The Kier molecular flexibility index (Phi) is 5.87. The summed E-state index contributed by atoms with van der Waals surface area (Å²) in [5, 5.41) is 8.44. The van der Waals surface area contributed by atoms with Crippen molar-refractivity contribution in [2.24, 2.45) is 0 Å². The lowest BCUT2D eigenvalue weighted by Crippen LogP contribution is -2.05. The van der Waals surface area contributed by atoms with Crippen molar-refractivity contribution in [3.63, 3.8) is 0 Å². The summed E-state index contributed by atoms with van der Waals surface area (Å²) in [7, 11) is 0. The smallest absolute Gasteiger partial charge is 0.277 e. The van der Waals surface area contributed by atoms with Gasteiger partial charge in [0.15, 0.2) is 5.78 Å². The zero-order valence-corrected chi connectivity index (χ0v) is 18.8. The molecule has 154 valence electrons. The lowest BCUT2D eigenvalue weighted by Gasteiger charge is -2.11. The maximum atomic E-state index is 12.9. The Morgan fingerprint density at radius 2 is 1.97 bits per heavy atom. The van der Waals surface area contributed by atoms with Crippen LogP contribution in [0.2, 0.25) is 0 Å². The highest BCUT2D eigenvalue weighted by Gasteiger charge is 2.19. The minimum Gasteiger partial charge on any atom is -0.469 e. The zero-order chi connectivity index (χ0) is 21.3. The van der Waals surface area contributed by atoms with Crippen molar-refractivity contribution in [2.45, 2.75) is 30.9 Å². The number of thioether (sulfide) groups is 2. The first-order chi connectivity index (χ1) is 14.5. The van der Waals surface area contributed by atoms with E-state index in [1.165, 1.54) is 16.7 Å². The molecule has 6 nitrogen and oxygen atoms in total. The standard InChI is InChI=1S/C22H21N3O3S2/c1-13-10-19(14(2)25(13)16-6-5-7-17(11-16)29-4)20(26)12-30-22-24-23-21(28-22)18-8-9-27-15(18)3/h5-11H,12H2,1-4H3. The first kappa shape index (κ1) is 20.6. The third-order valence-corrected chi connectivity index (χ3v) is 6.41. The summed E-state index contributed by atoms with van der Waals surface area (Å²) < 4.78 is 13.1. The third kappa shape index (κ3) is 3.97. The van der Waals surface area contributed by atoms with Crippen molar-refractivity contribution >= 4 is 29.3 Å². The number of rotatable bonds is 7. The first-order valence-corrected chi connectivity index (χ1v) is 11.6. The summed E-state index contributed by atoms with van der Waals surface area (Å²) in [6, 6.07) is 12.0. The van der Waals surface area contributed by atoms with E-state index >= 15 is 0 Å². The second-order valence-electron chi connectivity index (χ2n) is 6.80. The molecule has 4 aromatic rings. The predicted molar refractivity (Wildman–Crippen MR) is 119 cm³/mol. The van der Waals surface area contributed by atoms with Gasteiger partial charge in [-0.3, -0.25) is 4.79 Å². The van der Waals surface area contributed by atoms with Crippen LogP contribution < -0.4 is 0 Å². The maximum Gasteiger partial charge on any atom is 0.277 e. The molecule has 0 aliphatic carbocycles. The van der Waals surface area contributed by atoms with Crippen molar-refractivity contribution in [3.05, 3.63) is 65.4 Å². The first-order valence-electron chi connectivity index (χ1n) is 9.35. The van der Waals surface area contributed by atoms with Crippen molar-refractivity contribution in [3.8, 4) is 17.1 Å². The van der Waals surface area contributed by atoms with Crippen molar-refractivity contribution < 1.29 is 13.6 Å². The van der Waals surface area contributed by atoms with E-state index < -0.39 is 0 Å². The average Bonchev–Trinajstić information content (AvgIpc) is 3.45. The van der Waals surface area contributed by atoms with Crippen molar-refractivity contribution in [2.75, 3.05) is 12.0 Å². The summed E-state index contributed by atoms with van der Waals surface area (Å²) in [5.74, 6) is 1.35. The predicted octanol–water partition coefficient (Wildman–Crippen LogP) is 5.74. The molecule has 3 heterocycles. The Morgan fingerprint density at radius 3 is 2.70 bits per heavy atom. The molecule has 0 aliphatic heterocycles. The van der Waals surface area contributed by atoms with Gasteiger partial charge in [-0.25, -0.2) is 0 Å². The molecule has 8 heteroatoms. The Bertz CT molecular complexity index is 1210. The summed E-state index contributed by atoms with van der Waals surface area (Å²) in [6.07, 6.45) is 3.63. The van der Waals surface area contributed by atoms with Gasteiger partial charge in [0.1, 0.15) is 5.76 Å². The molecule has 0 N–H and O–H groups in total. The van der Waals surface area contributed by atoms with Gasteiger partial charge in [0.25, 0.3) is 11.1 Å². The molecule has 4 rings (SSSR count). The van der Waals surface area contributed by atoms with Crippen molar-refractivity contribution in [1.82, 2.24) is 14.8 Å². The van der Waals surface area contributed by atoms with E-state index in [4.69, 9.17) is 8.83 Å². The van der Waals surface area contributed by atoms with E-state index in [0.29, 0.717) is 22.4 Å². The van der Waals surface area contributed by atoms with Gasteiger partial charge in [0.2, 0.25) is 0 Å². The number of carbonyl (C=O) groups excluding carboxylic acids is 1. The van der Waals surface area contributed by atoms with E-state index in [-0.39, 0.29) is 11.5 Å². The van der Waals surface area contributed by atoms with E-state index in [1.54, 1.807) is 24.1 Å². The van der Waals surface area contributed by atoms with E-state index in [9.17, 15) is 4.79 Å². The highest BCUT2D eigenvalue weighted by Crippen LogP contribution is 2.28. The Hall–Kier alpha value is -2.71. The largest absolute Gasteiger partial charge is 0.469 e. The van der Waals surface area contributed by atoms with Crippen LogP contribution in [0.5, 0.6) is 0 Å². The summed E-state index contributed by atoms with van der Waals surface area (Å²) in [6.45, 7) is 5.82. The molecule has 0 amide bonds. The van der Waals surface area contributed by atoms with Crippen LogP contribution in [0, 0.1) is 20.8 Å². The van der Waals surface area contributed by atoms with Crippen LogP contribution in [0.4, 0.5) is 0 Å². The molecular formula is C22H21N3O3S2. The second-order valence-corrected chi connectivity index (χ2v) is 8.60. The Balaban J connectivity index is 1.51. The fraction of sp³-hybridized carbons (Fsp3) is 0.227. The molecule has 0 aliphatic rings. The van der Waals surface area contributed by atoms with Gasteiger partial charge in [-0.1, -0.05) is 17.8 Å². The average molecular weight is 440 g/mol. The summed E-state index contributed by atoms with van der Waals surface area (Å²) >= 11 is 2.94. The fourth-order valence-corrected chi connectivity index (χ4v) is 4.48. The molecule has 1 aromatic carbocycles. The molecule has 0 radical (unpaired) electrons. The minimum absolute atomic E-state index is 0.0274. The van der Waals surface area contributed by atoms with E-state index in [0.717, 1.165) is 22.6 Å². The lowest BCUT2D eigenvalue weighted by atomic mass is 10.2. The van der Waals surface area contributed by atoms with Crippen LogP contribution in [-0.2, 0) is 0 Å². The molecule has 0 atom stereocenters. The summed E-state index contributed by atoms with van der Waals surface area (Å²) in [4.78, 5) is 14.1. The number of ketones is 1. The fourth-order valence-electron chi connectivity index (χ4n) is 3.38. The highest BCUT2D eigenvalue weighted by molar-refractivity contribution is 7.99. The molecule has 3 aromatic heterocycles. The van der Waals surface area contributed by atoms with Gasteiger partial charge in [0.05, 0.1) is 17.6 Å². The normalized spacial score (nSPS) is 11.2. The number of aromatic nitrogens is 3. The second kappa shape index (κ2) is 8.57. The van der Waals surface area contributed by atoms with Crippen LogP contribution in [-0.4, -0.2) is 32.6 Å². The number of Topliss-reactive ketones (excluding diaryl/α,β-unsaturated/α-hetero) is 1. The summed E-state index contributed by atoms with van der Waals surface area (Å²) in [5.41, 5.74) is 4.48. The zero-order valence-electron chi connectivity index (χ0n) is 17.1. The van der Waals surface area contributed by atoms with E-state index in [2.05, 4.69) is 39.2 Å². The van der Waals surface area contributed by atoms with Gasteiger partial charge in [-0.15, -0.1) is 22.0 Å². The quantitative estimate of drug-likeness (QED) is 0.268. The Morgan fingerprint density at radius 1 is 1.13 bits per heavy atom. The van der Waals surface area contributed by atoms with Crippen molar-refractivity contribution in [1.29, 1.82) is 0 Å². The molecule has 0 fully saturated rings. The number of carbonyl (C=O) groups is 1. The van der Waals surface area contributed by atoms with Gasteiger partial charge in [0, 0.05) is 27.5 Å². The van der Waals surface area contributed by atoms with Gasteiger partial charge in [-0.05, 0) is 57.4 Å². The monoisotopic (exact) mass is 439 g/mol. The van der Waals surface area contributed by atoms with Crippen LogP contribution in [0.1, 0.15) is 27.5 Å². The lowest BCUT2D eigenvalue weighted by molar-refractivity contribution is 0.102. The third-order valence-electron chi connectivity index (χ3n) is 4.87. The molecule has 0 saturated carbocycles. The van der Waals surface area contributed by atoms with Gasteiger partial charge < -0.3 is 13.4 Å².